The van der Waals surface area contributed by atoms with Crippen LogP contribution in [-0.2, 0) is 14.3 Å². The molecule has 0 aromatic heterocycles. The number of piperidine rings is 1. The maximum atomic E-state index is 12.0. The molecule has 1 aliphatic rings. The Morgan fingerprint density at radius 2 is 2.03 bits per heavy atom. The van der Waals surface area contributed by atoms with Crippen LogP contribution < -0.4 is 4.74 Å². The highest BCUT2D eigenvalue weighted by molar-refractivity contribution is 5.81. The summed E-state index contributed by atoms with van der Waals surface area (Å²) in [5, 5.41) is 0. The number of carbonyl (C=O) groups is 1. The summed E-state index contributed by atoms with van der Waals surface area (Å²) in [6, 6.07) is 16.5. The molecule has 0 N–H and O–H groups in total. The normalized spacial score (nSPS) is 17.2. The second kappa shape index (κ2) is 12.4. The molecule has 1 heterocycles. The second-order valence-corrected chi connectivity index (χ2v) is 8.13. The largest absolute Gasteiger partial charge is 0.497 e. The molecule has 1 atom stereocenters. The third-order valence-electron chi connectivity index (χ3n) is 5.90. The van der Waals surface area contributed by atoms with Gasteiger partial charge in [0.2, 0.25) is 0 Å². The zero-order chi connectivity index (χ0) is 22.8. The van der Waals surface area contributed by atoms with Crippen molar-refractivity contribution in [2.45, 2.75) is 26.7 Å². The van der Waals surface area contributed by atoms with E-state index in [0.717, 1.165) is 49.4 Å². The number of hydrogen-bond donors (Lipinski definition) is 0. The molecular weight excluding hydrogens is 402 g/mol. The molecule has 32 heavy (non-hydrogen) atoms. The van der Waals surface area contributed by atoms with Gasteiger partial charge in [-0.2, -0.15) is 0 Å². The molecule has 0 bridgehead atoms. The van der Waals surface area contributed by atoms with Crippen LogP contribution in [0.4, 0.5) is 0 Å². The summed E-state index contributed by atoms with van der Waals surface area (Å²) in [4.78, 5) is 14.3. The van der Waals surface area contributed by atoms with Crippen LogP contribution in [0.2, 0.25) is 0 Å². The minimum atomic E-state index is -0.0674. The quantitative estimate of drug-likeness (QED) is 0.397. The zero-order valence-corrected chi connectivity index (χ0v) is 19.5. The third kappa shape index (κ3) is 6.68. The van der Waals surface area contributed by atoms with Crippen LogP contribution >= 0.6 is 0 Å². The van der Waals surface area contributed by atoms with Gasteiger partial charge in [-0.1, -0.05) is 42.5 Å². The smallest absolute Gasteiger partial charge is 0.310 e. The van der Waals surface area contributed by atoms with Gasteiger partial charge in [-0.3, -0.25) is 4.79 Å². The summed E-state index contributed by atoms with van der Waals surface area (Å²) >= 11 is 0. The van der Waals surface area contributed by atoms with E-state index in [1.807, 2.05) is 19.1 Å². The van der Waals surface area contributed by atoms with Crippen molar-refractivity contribution in [1.82, 2.24) is 4.90 Å². The molecule has 0 radical (unpaired) electrons. The monoisotopic (exact) mass is 437 g/mol. The van der Waals surface area contributed by atoms with E-state index >= 15 is 0 Å². The number of rotatable bonds is 10. The first kappa shape index (κ1) is 24.0. The second-order valence-electron chi connectivity index (χ2n) is 8.13. The Labute approximate surface area is 192 Å². The Hall–Kier alpha value is -2.63. The molecule has 0 amide bonds. The van der Waals surface area contributed by atoms with Gasteiger partial charge in [0.25, 0.3) is 0 Å². The summed E-state index contributed by atoms with van der Waals surface area (Å²) in [7, 11) is 1.69. The van der Waals surface area contributed by atoms with E-state index in [-0.39, 0.29) is 11.9 Å². The lowest BCUT2D eigenvalue weighted by Gasteiger charge is -2.31. The fraction of sp³-hybridized carbons (Fsp3) is 0.444. The Balaban J connectivity index is 1.60. The first-order valence-electron chi connectivity index (χ1n) is 11.5. The molecule has 1 aliphatic heterocycles. The molecule has 0 saturated carbocycles. The molecule has 0 spiro atoms. The first-order valence-corrected chi connectivity index (χ1v) is 11.5. The maximum Gasteiger partial charge on any atom is 0.310 e. The highest BCUT2D eigenvalue weighted by atomic mass is 16.5. The summed E-state index contributed by atoms with van der Waals surface area (Å²) in [5.74, 6) is 0.760. The summed E-state index contributed by atoms with van der Waals surface area (Å²) in [6.07, 6.45) is 4.09. The van der Waals surface area contributed by atoms with Gasteiger partial charge in [0.05, 0.1) is 32.8 Å². The van der Waals surface area contributed by atoms with Gasteiger partial charge in [-0.05, 0) is 67.6 Å². The number of esters is 1. The first-order chi connectivity index (χ1) is 15.6. The molecule has 3 rings (SSSR count). The van der Waals surface area contributed by atoms with Crippen LogP contribution in [0.5, 0.6) is 5.75 Å². The molecule has 2 aromatic carbocycles. The number of ether oxygens (including phenoxy) is 3. The van der Waals surface area contributed by atoms with Crippen molar-refractivity contribution in [3.8, 4) is 5.75 Å². The average Bonchev–Trinajstić information content (AvgIpc) is 2.82. The molecule has 172 valence electrons. The molecule has 2 aromatic rings. The number of likely N-dealkylation sites (tertiary alicyclic amines) is 1. The molecule has 1 saturated heterocycles. The number of nitrogens with zero attached hydrogens (tertiary/aromatic N) is 1. The van der Waals surface area contributed by atoms with Gasteiger partial charge in [0.1, 0.15) is 5.75 Å². The van der Waals surface area contributed by atoms with E-state index in [9.17, 15) is 4.79 Å². The minimum absolute atomic E-state index is 0.00989. The zero-order valence-electron chi connectivity index (χ0n) is 19.5. The Kier molecular flexibility index (Phi) is 9.32. The van der Waals surface area contributed by atoms with Crippen LogP contribution in [0.3, 0.4) is 0 Å². The lowest BCUT2D eigenvalue weighted by molar-refractivity contribution is -0.150. The SMILES string of the molecule is CCOC(=O)C1CCCN(CCOC/C=C(\c2cccc(OC)c2)c2ccccc2C)C1. The highest BCUT2D eigenvalue weighted by Gasteiger charge is 2.26. The van der Waals surface area contributed by atoms with E-state index in [1.165, 1.54) is 11.1 Å². The van der Waals surface area contributed by atoms with Crippen molar-refractivity contribution < 1.29 is 19.0 Å². The lowest BCUT2D eigenvalue weighted by Crippen LogP contribution is -2.40. The number of aryl methyl sites for hydroxylation is 1. The molecule has 5 nitrogen and oxygen atoms in total. The van der Waals surface area contributed by atoms with Crippen molar-refractivity contribution in [2.75, 3.05) is 46.6 Å². The van der Waals surface area contributed by atoms with E-state index < -0.39 is 0 Å². The average molecular weight is 438 g/mol. The van der Waals surface area contributed by atoms with Crippen LogP contribution in [0.15, 0.2) is 54.6 Å². The topological polar surface area (TPSA) is 48.0 Å². The summed E-state index contributed by atoms with van der Waals surface area (Å²) < 4.78 is 16.6. The molecule has 5 heteroatoms. The van der Waals surface area contributed by atoms with Gasteiger partial charge in [0, 0.05) is 13.1 Å². The van der Waals surface area contributed by atoms with Gasteiger partial charge in [0.15, 0.2) is 0 Å². The Morgan fingerprint density at radius 3 is 2.81 bits per heavy atom. The number of carbonyl (C=O) groups excluding carboxylic acids is 1. The lowest BCUT2D eigenvalue weighted by atomic mass is 9.94. The van der Waals surface area contributed by atoms with Crippen LogP contribution in [0.25, 0.3) is 5.57 Å². The Morgan fingerprint density at radius 1 is 1.19 bits per heavy atom. The number of hydrogen-bond acceptors (Lipinski definition) is 5. The van der Waals surface area contributed by atoms with Gasteiger partial charge < -0.3 is 19.1 Å². The highest BCUT2D eigenvalue weighted by Crippen LogP contribution is 2.28. The van der Waals surface area contributed by atoms with Crippen LogP contribution in [-0.4, -0.2) is 57.4 Å². The van der Waals surface area contributed by atoms with Crippen molar-refractivity contribution in [2.24, 2.45) is 5.92 Å². The van der Waals surface area contributed by atoms with E-state index in [2.05, 4.69) is 54.3 Å². The predicted molar refractivity (Wildman–Crippen MR) is 128 cm³/mol. The van der Waals surface area contributed by atoms with Gasteiger partial charge in [-0.25, -0.2) is 0 Å². The van der Waals surface area contributed by atoms with E-state index in [4.69, 9.17) is 14.2 Å². The van der Waals surface area contributed by atoms with Crippen molar-refractivity contribution in [3.05, 3.63) is 71.3 Å². The molecule has 1 unspecified atom stereocenters. The Bertz CT molecular complexity index is 908. The third-order valence-corrected chi connectivity index (χ3v) is 5.90. The molecular formula is C27H35NO4. The minimum Gasteiger partial charge on any atom is -0.497 e. The summed E-state index contributed by atoms with van der Waals surface area (Å²) in [6.45, 7) is 8.17. The molecule has 1 fully saturated rings. The standard InChI is InChI=1S/C27H35NO4/c1-4-32-27(29)23-11-8-15-28(20-23)16-18-31-17-14-26(25-13-6-5-9-21(25)2)22-10-7-12-24(19-22)30-3/h5-7,9-10,12-14,19,23H,4,8,11,15-18,20H2,1-3H3/b26-14+. The van der Waals surface area contributed by atoms with Crippen LogP contribution in [0, 0.1) is 12.8 Å². The van der Waals surface area contributed by atoms with Crippen LogP contribution in [0.1, 0.15) is 36.5 Å². The number of benzene rings is 2. The maximum absolute atomic E-state index is 12.0. The van der Waals surface area contributed by atoms with E-state index in [0.29, 0.717) is 19.8 Å². The fourth-order valence-electron chi connectivity index (χ4n) is 4.18. The van der Waals surface area contributed by atoms with Crippen molar-refractivity contribution in [1.29, 1.82) is 0 Å². The van der Waals surface area contributed by atoms with Crippen molar-refractivity contribution in [3.63, 3.8) is 0 Å². The van der Waals surface area contributed by atoms with Gasteiger partial charge >= 0.3 is 5.97 Å². The predicted octanol–water partition coefficient (Wildman–Crippen LogP) is 4.73. The molecule has 0 aliphatic carbocycles. The fourth-order valence-corrected chi connectivity index (χ4v) is 4.18. The number of methoxy groups -OCH3 is 1. The van der Waals surface area contributed by atoms with E-state index in [1.54, 1.807) is 7.11 Å². The summed E-state index contributed by atoms with van der Waals surface area (Å²) in [5.41, 5.74) is 4.66. The van der Waals surface area contributed by atoms with Crippen molar-refractivity contribution >= 4 is 11.5 Å². The van der Waals surface area contributed by atoms with Gasteiger partial charge in [-0.15, -0.1) is 0 Å².